The normalized spacial score (nSPS) is 25.7. The van der Waals surface area contributed by atoms with Crippen LogP contribution in [0.2, 0.25) is 0 Å². The van der Waals surface area contributed by atoms with Crippen molar-refractivity contribution in [2.75, 3.05) is 0 Å². The highest BCUT2D eigenvalue weighted by Gasteiger charge is 2.43. The van der Waals surface area contributed by atoms with Crippen molar-refractivity contribution < 1.29 is 14.7 Å². The number of carboxylic acids is 1. The number of carbonyl (C=O) groups excluding carboxylic acids is 1. The summed E-state index contributed by atoms with van der Waals surface area (Å²) < 4.78 is 0. The third kappa shape index (κ3) is 3.72. The molecule has 1 saturated carbocycles. The fourth-order valence-corrected chi connectivity index (χ4v) is 2.78. The molecule has 1 aliphatic rings. The second kappa shape index (κ2) is 6.57. The number of aliphatic carboxylic acids is 1. The van der Waals surface area contributed by atoms with Gasteiger partial charge in [-0.05, 0) is 31.4 Å². The fourth-order valence-electron chi connectivity index (χ4n) is 2.78. The lowest BCUT2D eigenvalue weighted by molar-refractivity contribution is -0.151. The molecular weight excluding hydrogens is 266 g/mol. The highest BCUT2D eigenvalue weighted by Crippen LogP contribution is 2.36. The molecule has 2 rings (SSSR count). The number of benzene rings is 1. The summed E-state index contributed by atoms with van der Waals surface area (Å²) in [7, 11) is 0. The highest BCUT2D eigenvalue weighted by molar-refractivity contribution is 5.92. The summed E-state index contributed by atoms with van der Waals surface area (Å²) >= 11 is 0. The first-order valence-corrected chi connectivity index (χ1v) is 7.29. The molecular formula is C17H21NO3. The Kier molecular flexibility index (Phi) is 4.78. The van der Waals surface area contributed by atoms with Crippen LogP contribution in [0.25, 0.3) is 6.08 Å². The van der Waals surface area contributed by atoms with Gasteiger partial charge in [-0.15, -0.1) is 0 Å². The van der Waals surface area contributed by atoms with E-state index in [2.05, 4.69) is 5.32 Å². The second-order valence-electron chi connectivity index (χ2n) is 5.77. The summed E-state index contributed by atoms with van der Waals surface area (Å²) in [6.07, 6.45) is 6.37. The molecule has 0 saturated heterocycles. The molecule has 2 atom stereocenters. The van der Waals surface area contributed by atoms with E-state index < -0.39 is 11.4 Å². The van der Waals surface area contributed by atoms with Crippen molar-refractivity contribution in [1.82, 2.24) is 5.32 Å². The molecule has 1 aromatic rings. The summed E-state index contributed by atoms with van der Waals surface area (Å²) in [5.41, 5.74) is 0.0754. The maximum Gasteiger partial charge on any atom is 0.311 e. The Balaban J connectivity index is 2.01. The lowest BCUT2D eigenvalue weighted by Crippen LogP contribution is -2.51. The van der Waals surface area contributed by atoms with Crippen molar-refractivity contribution >= 4 is 18.0 Å². The van der Waals surface area contributed by atoms with E-state index in [0.29, 0.717) is 12.8 Å². The van der Waals surface area contributed by atoms with Crippen LogP contribution in [0.5, 0.6) is 0 Å². The largest absolute Gasteiger partial charge is 0.481 e. The molecule has 4 nitrogen and oxygen atoms in total. The average Bonchev–Trinajstić information content (AvgIpc) is 2.48. The molecule has 0 heterocycles. The van der Waals surface area contributed by atoms with Crippen LogP contribution in [0.1, 0.15) is 38.2 Å². The van der Waals surface area contributed by atoms with Gasteiger partial charge in [-0.3, -0.25) is 9.59 Å². The Bertz CT molecular complexity index is 538. The summed E-state index contributed by atoms with van der Waals surface area (Å²) in [5.74, 6) is -1.07. The number of rotatable bonds is 4. The lowest BCUT2D eigenvalue weighted by atomic mass is 9.71. The van der Waals surface area contributed by atoms with Gasteiger partial charge in [-0.2, -0.15) is 0 Å². The van der Waals surface area contributed by atoms with Crippen molar-refractivity contribution in [2.45, 2.75) is 38.6 Å². The van der Waals surface area contributed by atoms with Gasteiger partial charge in [0.2, 0.25) is 5.91 Å². The first kappa shape index (κ1) is 15.3. The van der Waals surface area contributed by atoms with Gasteiger partial charge in [-0.1, -0.05) is 43.2 Å². The molecule has 1 aromatic carbocycles. The van der Waals surface area contributed by atoms with Gasteiger partial charge in [0.05, 0.1) is 5.41 Å². The van der Waals surface area contributed by atoms with Gasteiger partial charge >= 0.3 is 5.97 Å². The van der Waals surface area contributed by atoms with Crippen LogP contribution in [0.4, 0.5) is 0 Å². The van der Waals surface area contributed by atoms with E-state index in [4.69, 9.17) is 0 Å². The molecule has 0 radical (unpaired) electrons. The maximum atomic E-state index is 12.0. The van der Waals surface area contributed by atoms with Crippen LogP contribution in [0.3, 0.4) is 0 Å². The summed E-state index contributed by atoms with van der Waals surface area (Å²) in [5, 5.41) is 12.3. The predicted molar refractivity (Wildman–Crippen MR) is 81.6 cm³/mol. The Hall–Kier alpha value is -2.10. The number of amides is 1. The Labute approximate surface area is 124 Å². The molecule has 2 unspecified atom stereocenters. The average molecular weight is 287 g/mol. The van der Waals surface area contributed by atoms with E-state index >= 15 is 0 Å². The minimum absolute atomic E-state index is 0.238. The van der Waals surface area contributed by atoms with Crippen molar-refractivity contribution in [3.05, 3.63) is 42.0 Å². The predicted octanol–water partition coefficient (Wildman–Crippen LogP) is 2.85. The standard InChI is InChI=1S/C17H21NO3/c1-17(16(20)21)12-6-5-9-14(17)18-15(19)11-10-13-7-3-2-4-8-13/h2-4,7-8,10-11,14H,5-6,9,12H2,1H3,(H,18,19)(H,20,21)/b11-10+. The molecule has 0 aromatic heterocycles. The molecule has 4 heteroatoms. The number of carboxylic acid groups (broad SMARTS) is 1. The highest BCUT2D eigenvalue weighted by atomic mass is 16.4. The van der Waals surface area contributed by atoms with Crippen molar-refractivity contribution in [3.63, 3.8) is 0 Å². The number of hydrogen-bond acceptors (Lipinski definition) is 2. The first-order valence-electron chi connectivity index (χ1n) is 7.29. The van der Waals surface area contributed by atoms with E-state index in [1.807, 2.05) is 30.3 Å². The van der Waals surface area contributed by atoms with Gasteiger partial charge in [0, 0.05) is 12.1 Å². The van der Waals surface area contributed by atoms with Gasteiger partial charge < -0.3 is 10.4 Å². The molecule has 1 amide bonds. The van der Waals surface area contributed by atoms with Crippen LogP contribution in [0, 0.1) is 5.41 Å². The van der Waals surface area contributed by atoms with Crippen molar-refractivity contribution in [3.8, 4) is 0 Å². The SMILES string of the molecule is CC1(C(=O)O)CCCCC1NC(=O)/C=C/c1ccccc1. The molecule has 21 heavy (non-hydrogen) atoms. The van der Waals surface area contributed by atoms with Crippen LogP contribution >= 0.6 is 0 Å². The van der Waals surface area contributed by atoms with E-state index in [1.165, 1.54) is 6.08 Å². The number of carbonyl (C=O) groups is 2. The second-order valence-corrected chi connectivity index (χ2v) is 5.77. The number of hydrogen-bond donors (Lipinski definition) is 2. The zero-order valence-corrected chi connectivity index (χ0v) is 12.2. The van der Waals surface area contributed by atoms with Gasteiger partial charge in [0.1, 0.15) is 0 Å². The molecule has 0 spiro atoms. The van der Waals surface area contributed by atoms with Crippen molar-refractivity contribution in [2.24, 2.45) is 5.41 Å². The molecule has 0 aliphatic heterocycles. The third-order valence-electron chi connectivity index (χ3n) is 4.24. The van der Waals surface area contributed by atoms with Crippen LogP contribution in [-0.4, -0.2) is 23.0 Å². The zero-order valence-electron chi connectivity index (χ0n) is 12.2. The molecule has 1 aliphatic carbocycles. The Morgan fingerprint density at radius 1 is 1.29 bits per heavy atom. The lowest BCUT2D eigenvalue weighted by Gasteiger charge is -2.38. The van der Waals surface area contributed by atoms with Gasteiger partial charge in [-0.25, -0.2) is 0 Å². The molecule has 2 N–H and O–H groups in total. The minimum Gasteiger partial charge on any atom is -0.481 e. The molecule has 1 fully saturated rings. The summed E-state index contributed by atoms with van der Waals surface area (Å²) in [6.45, 7) is 1.72. The van der Waals surface area contributed by atoms with Crippen LogP contribution < -0.4 is 5.32 Å². The van der Waals surface area contributed by atoms with E-state index in [1.54, 1.807) is 13.0 Å². The molecule has 112 valence electrons. The monoisotopic (exact) mass is 287 g/mol. The fraction of sp³-hybridized carbons (Fsp3) is 0.412. The van der Waals surface area contributed by atoms with E-state index in [-0.39, 0.29) is 11.9 Å². The first-order chi connectivity index (χ1) is 10.0. The maximum absolute atomic E-state index is 12.0. The minimum atomic E-state index is -0.867. The zero-order chi connectivity index (χ0) is 15.3. The van der Waals surface area contributed by atoms with E-state index in [0.717, 1.165) is 18.4 Å². The quantitative estimate of drug-likeness (QED) is 0.837. The molecule has 0 bridgehead atoms. The summed E-state index contributed by atoms with van der Waals surface area (Å²) in [6, 6.07) is 9.23. The van der Waals surface area contributed by atoms with Crippen LogP contribution in [-0.2, 0) is 9.59 Å². The Morgan fingerprint density at radius 2 is 2.00 bits per heavy atom. The van der Waals surface area contributed by atoms with Gasteiger partial charge in [0.15, 0.2) is 0 Å². The number of nitrogens with one attached hydrogen (secondary N) is 1. The Morgan fingerprint density at radius 3 is 2.67 bits per heavy atom. The topological polar surface area (TPSA) is 66.4 Å². The van der Waals surface area contributed by atoms with Crippen LogP contribution in [0.15, 0.2) is 36.4 Å². The smallest absolute Gasteiger partial charge is 0.311 e. The van der Waals surface area contributed by atoms with Crippen molar-refractivity contribution in [1.29, 1.82) is 0 Å². The van der Waals surface area contributed by atoms with Gasteiger partial charge in [0.25, 0.3) is 0 Å². The third-order valence-corrected chi connectivity index (χ3v) is 4.24. The summed E-state index contributed by atoms with van der Waals surface area (Å²) in [4.78, 5) is 23.5. The van der Waals surface area contributed by atoms with E-state index in [9.17, 15) is 14.7 Å².